The van der Waals surface area contributed by atoms with E-state index < -0.39 is 17.7 Å². The second-order valence-corrected chi connectivity index (χ2v) is 13.6. The Labute approximate surface area is 306 Å². The Hall–Kier alpha value is -4.63. The Kier molecular flexibility index (Phi) is 14.7. The highest BCUT2D eigenvalue weighted by atomic mass is 32.1. The first-order chi connectivity index (χ1) is 25.3. The molecule has 5 rings (SSSR count). The fraction of sp³-hybridized carbons (Fsp3) is 0.486. The van der Waals surface area contributed by atoms with Crippen LogP contribution in [0, 0.1) is 11.6 Å². The van der Waals surface area contributed by atoms with Gasteiger partial charge in [-0.25, -0.2) is 14.2 Å². The molecule has 0 radical (unpaired) electrons. The van der Waals surface area contributed by atoms with Gasteiger partial charge in [0.25, 0.3) is 0 Å². The van der Waals surface area contributed by atoms with Gasteiger partial charge in [-0.3, -0.25) is 24.6 Å². The number of hydrogen-bond acceptors (Lipinski definition) is 9. The van der Waals surface area contributed by atoms with Gasteiger partial charge in [-0.05, 0) is 62.1 Å². The van der Waals surface area contributed by atoms with Crippen LogP contribution in [0.3, 0.4) is 0 Å². The van der Waals surface area contributed by atoms with Crippen LogP contribution in [0.1, 0.15) is 70.6 Å². The highest BCUT2D eigenvalue weighted by Crippen LogP contribution is 2.36. The van der Waals surface area contributed by atoms with E-state index in [1.165, 1.54) is 22.3 Å². The summed E-state index contributed by atoms with van der Waals surface area (Å²) in [6.07, 6.45) is 7.48. The predicted molar refractivity (Wildman–Crippen MR) is 196 cm³/mol. The Morgan fingerprint density at radius 1 is 0.885 bits per heavy atom. The van der Waals surface area contributed by atoms with Crippen molar-refractivity contribution in [2.45, 2.75) is 70.6 Å². The number of rotatable bonds is 19. The van der Waals surface area contributed by atoms with E-state index in [9.17, 15) is 28.0 Å². The monoisotopic (exact) mass is 740 g/mol. The van der Waals surface area contributed by atoms with E-state index in [-0.39, 0.29) is 36.5 Å². The Balaban J connectivity index is 0.880. The molecule has 3 aromatic rings. The van der Waals surface area contributed by atoms with Crippen LogP contribution in [-0.4, -0.2) is 74.7 Å². The summed E-state index contributed by atoms with van der Waals surface area (Å²) >= 11 is 1.46. The number of carbonyl (C=O) groups is 4. The van der Waals surface area contributed by atoms with Gasteiger partial charge in [-0.2, -0.15) is 4.39 Å². The van der Waals surface area contributed by atoms with Gasteiger partial charge in [0.05, 0.1) is 25.5 Å². The highest BCUT2D eigenvalue weighted by Gasteiger charge is 2.24. The number of carbonyl (C=O) groups excluding carboxylic acids is 4. The second-order valence-electron chi connectivity index (χ2n) is 12.7. The van der Waals surface area contributed by atoms with Crippen LogP contribution in [0.2, 0.25) is 0 Å². The molecule has 2 saturated heterocycles. The summed E-state index contributed by atoms with van der Waals surface area (Å²) in [5, 5.41) is 10.7. The molecule has 0 spiro atoms. The third-order valence-electron chi connectivity index (χ3n) is 8.81. The molecule has 2 aliphatic rings. The molecular formula is C37H46F2N6O6S. The Morgan fingerprint density at radius 3 is 2.37 bits per heavy atom. The minimum Gasteiger partial charge on any atom is -0.490 e. The van der Waals surface area contributed by atoms with Gasteiger partial charge in [-0.1, -0.05) is 25.7 Å². The minimum atomic E-state index is -1.01. The van der Waals surface area contributed by atoms with E-state index >= 15 is 0 Å². The van der Waals surface area contributed by atoms with Crippen molar-refractivity contribution < 1.29 is 37.4 Å². The van der Waals surface area contributed by atoms with Crippen molar-refractivity contribution in [3.63, 3.8) is 0 Å². The van der Waals surface area contributed by atoms with E-state index in [0.29, 0.717) is 81.0 Å². The van der Waals surface area contributed by atoms with Crippen molar-refractivity contribution in [3.8, 4) is 17.0 Å². The number of anilines is 3. The summed E-state index contributed by atoms with van der Waals surface area (Å²) in [6, 6.07) is 9.02. The van der Waals surface area contributed by atoms with E-state index in [4.69, 9.17) is 9.47 Å². The van der Waals surface area contributed by atoms with Crippen molar-refractivity contribution >= 4 is 51.6 Å². The number of unbranched alkanes of at least 4 members (excludes halogenated alkanes) is 6. The molecule has 3 heterocycles. The Morgan fingerprint density at radius 2 is 1.60 bits per heavy atom. The molecule has 12 nitrogen and oxygen atoms in total. The molecule has 1 aromatic heterocycles. The van der Waals surface area contributed by atoms with E-state index in [1.54, 1.807) is 24.3 Å². The maximum atomic E-state index is 14.8. The van der Waals surface area contributed by atoms with E-state index in [1.807, 2.05) is 5.38 Å². The molecule has 2 aliphatic heterocycles. The fourth-order valence-electron chi connectivity index (χ4n) is 5.92. The predicted octanol–water partition coefficient (Wildman–Crippen LogP) is 6.41. The van der Waals surface area contributed by atoms with Crippen molar-refractivity contribution in [1.29, 1.82) is 0 Å². The zero-order chi connectivity index (χ0) is 36.7. The van der Waals surface area contributed by atoms with Crippen LogP contribution in [0.5, 0.6) is 5.75 Å². The maximum absolute atomic E-state index is 14.8. The van der Waals surface area contributed by atoms with E-state index in [2.05, 4.69) is 25.8 Å². The standard InChI is InChI=1S/C37H46F2N6O6S/c38-29-16-15-28(30-25-52-37(42-30)44-20-23-50-24-21-44)35(34(29)39)51-22-8-4-2-1-3-5-9-31(46)40-18-7-6-10-32(47)41-26-11-13-27(14-12-26)45-19-17-33(48)43-36(45)49/h11-16,25H,1-10,17-24H2,(H,40,46)(H,41,47)(H,43,48,49). The molecule has 0 aliphatic carbocycles. The van der Waals surface area contributed by atoms with Crippen LogP contribution in [0.15, 0.2) is 41.8 Å². The Bertz CT molecular complexity index is 1670. The molecule has 2 fully saturated rings. The normalized spacial score (nSPS) is 14.7. The van der Waals surface area contributed by atoms with Crippen LogP contribution >= 0.6 is 11.3 Å². The number of imide groups is 1. The van der Waals surface area contributed by atoms with Crippen LogP contribution in [0.25, 0.3) is 11.3 Å². The largest absolute Gasteiger partial charge is 0.490 e. The third-order valence-corrected chi connectivity index (χ3v) is 9.72. The lowest BCUT2D eigenvalue weighted by molar-refractivity contribution is -0.121. The average molecular weight is 741 g/mol. The van der Waals surface area contributed by atoms with E-state index in [0.717, 1.165) is 56.4 Å². The molecule has 15 heteroatoms. The molecule has 0 saturated carbocycles. The van der Waals surface area contributed by atoms with Gasteiger partial charge in [0, 0.05) is 67.8 Å². The summed E-state index contributed by atoms with van der Waals surface area (Å²) in [7, 11) is 0. The average Bonchev–Trinajstić information content (AvgIpc) is 3.63. The van der Waals surface area contributed by atoms with Crippen LogP contribution in [0.4, 0.5) is 30.1 Å². The number of aromatic nitrogens is 1. The topological polar surface area (TPSA) is 142 Å². The first kappa shape index (κ1) is 38.6. The fourth-order valence-corrected chi connectivity index (χ4v) is 6.80. The van der Waals surface area contributed by atoms with Gasteiger partial charge in [0.15, 0.2) is 16.7 Å². The molecule has 0 bridgehead atoms. The number of amides is 5. The zero-order valence-corrected chi connectivity index (χ0v) is 30.0. The summed E-state index contributed by atoms with van der Waals surface area (Å²) in [5.41, 5.74) is 2.25. The van der Waals surface area contributed by atoms with Gasteiger partial charge < -0.3 is 25.0 Å². The lowest BCUT2D eigenvalue weighted by Crippen LogP contribution is -2.49. The highest BCUT2D eigenvalue weighted by molar-refractivity contribution is 7.14. The molecule has 2 aromatic carbocycles. The molecular weight excluding hydrogens is 695 g/mol. The smallest absolute Gasteiger partial charge is 0.328 e. The number of halogens is 2. The lowest BCUT2D eigenvalue weighted by Gasteiger charge is -2.26. The lowest BCUT2D eigenvalue weighted by atomic mass is 10.1. The first-order valence-corrected chi connectivity index (χ1v) is 18.8. The number of ether oxygens (including phenoxy) is 2. The molecule has 280 valence electrons. The number of benzene rings is 2. The van der Waals surface area contributed by atoms with Gasteiger partial charge in [0.2, 0.25) is 23.5 Å². The number of hydrogen-bond donors (Lipinski definition) is 3. The molecule has 52 heavy (non-hydrogen) atoms. The third kappa shape index (κ3) is 11.4. The first-order valence-electron chi connectivity index (χ1n) is 18.0. The van der Waals surface area contributed by atoms with Gasteiger partial charge >= 0.3 is 6.03 Å². The number of morpholine rings is 1. The second kappa shape index (κ2) is 19.8. The van der Waals surface area contributed by atoms with Crippen molar-refractivity contribution in [3.05, 3.63) is 53.4 Å². The molecule has 3 N–H and O–H groups in total. The summed E-state index contributed by atoms with van der Waals surface area (Å²) < 4.78 is 40.0. The van der Waals surface area contributed by atoms with Crippen molar-refractivity contribution in [2.24, 2.45) is 0 Å². The van der Waals surface area contributed by atoms with Crippen molar-refractivity contribution in [1.82, 2.24) is 15.6 Å². The van der Waals surface area contributed by atoms with Gasteiger partial charge in [-0.15, -0.1) is 11.3 Å². The molecule has 0 atom stereocenters. The zero-order valence-electron chi connectivity index (χ0n) is 29.2. The summed E-state index contributed by atoms with van der Waals surface area (Å²) in [4.78, 5) is 56.1. The summed E-state index contributed by atoms with van der Waals surface area (Å²) in [5.74, 6) is -2.50. The van der Waals surface area contributed by atoms with Gasteiger partial charge in [0.1, 0.15) is 0 Å². The molecule has 5 amide bonds. The number of nitrogens with one attached hydrogen (secondary N) is 3. The quantitative estimate of drug-likeness (QED) is 0.120. The van der Waals surface area contributed by atoms with Crippen molar-refractivity contribution in [2.75, 3.05) is 61.1 Å². The van der Waals surface area contributed by atoms with Crippen LogP contribution < -0.4 is 30.5 Å². The maximum Gasteiger partial charge on any atom is 0.328 e. The summed E-state index contributed by atoms with van der Waals surface area (Å²) in [6.45, 7) is 3.81. The number of thiazole rings is 1. The number of nitrogens with zero attached hydrogens (tertiary/aromatic N) is 3. The number of urea groups is 1. The molecule has 0 unspecified atom stereocenters. The van der Waals surface area contributed by atoms with Crippen LogP contribution in [-0.2, 0) is 19.1 Å². The minimum absolute atomic E-state index is 0.00482. The SMILES string of the molecule is O=C(CCCCCCCCOc1c(-c2csc(N3CCOCC3)n2)ccc(F)c1F)NCCCCC(=O)Nc1ccc(N2CCC(=O)NC2=O)cc1.